The number of amides is 1. The first-order chi connectivity index (χ1) is 14.0. The van der Waals surface area contributed by atoms with Gasteiger partial charge >= 0.3 is 0 Å². The second kappa shape index (κ2) is 8.25. The molecule has 4 rings (SSSR count). The highest BCUT2D eigenvalue weighted by Crippen LogP contribution is 2.40. The predicted octanol–water partition coefficient (Wildman–Crippen LogP) is 0.185. The van der Waals surface area contributed by atoms with Crippen molar-refractivity contribution in [3.63, 3.8) is 0 Å². The molecule has 9 heteroatoms. The zero-order chi connectivity index (χ0) is 20.4. The maximum atomic E-state index is 12.7. The van der Waals surface area contributed by atoms with Crippen molar-refractivity contribution in [2.24, 2.45) is 7.05 Å². The van der Waals surface area contributed by atoms with Gasteiger partial charge in [0.2, 0.25) is 0 Å². The standard InChI is InChI=1S/C20H31N7O2/c1-24(2)11-6-22-18(28)16-14-27-13-8-23-19(27)20(29-16)4-9-26(10-5-20)15-17-21-7-12-25(17)3/h7-8,12-13,16H,4-6,9-11,14-15H2,1-3H3,(H,22,28). The van der Waals surface area contributed by atoms with Crippen LogP contribution in [-0.2, 0) is 35.3 Å². The van der Waals surface area contributed by atoms with E-state index in [1.165, 1.54) is 0 Å². The number of piperidine rings is 1. The lowest BCUT2D eigenvalue weighted by Crippen LogP contribution is -2.54. The highest BCUT2D eigenvalue weighted by molar-refractivity contribution is 5.80. The molecule has 0 radical (unpaired) electrons. The molecular weight excluding hydrogens is 370 g/mol. The predicted molar refractivity (Wildman–Crippen MR) is 108 cm³/mol. The minimum absolute atomic E-state index is 0.0407. The Bertz CT molecular complexity index is 836. The number of hydrogen-bond acceptors (Lipinski definition) is 6. The molecule has 2 aromatic heterocycles. The smallest absolute Gasteiger partial charge is 0.251 e. The average molecular weight is 402 g/mol. The largest absolute Gasteiger partial charge is 0.352 e. The normalized spacial score (nSPS) is 21.4. The molecule has 0 aliphatic carbocycles. The van der Waals surface area contributed by atoms with Crippen LogP contribution in [0.3, 0.4) is 0 Å². The van der Waals surface area contributed by atoms with Crippen molar-refractivity contribution in [2.75, 3.05) is 40.3 Å². The lowest BCUT2D eigenvalue weighted by Gasteiger charge is -2.45. The van der Waals surface area contributed by atoms with Gasteiger partial charge in [-0.15, -0.1) is 0 Å². The molecule has 1 N–H and O–H groups in total. The van der Waals surface area contributed by atoms with Crippen LogP contribution in [0.5, 0.6) is 0 Å². The van der Waals surface area contributed by atoms with Gasteiger partial charge in [-0.1, -0.05) is 0 Å². The summed E-state index contributed by atoms with van der Waals surface area (Å²) in [4.78, 5) is 26.2. The number of rotatable bonds is 6. The molecule has 0 aromatic carbocycles. The second-order valence-electron chi connectivity index (χ2n) is 8.33. The summed E-state index contributed by atoms with van der Waals surface area (Å²) < 4.78 is 10.6. The molecule has 0 saturated carbocycles. The van der Waals surface area contributed by atoms with E-state index in [1.807, 2.05) is 45.9 Å². The van der Waals surface area contributed by atoms with E-state index in [9.17, 15) is 4.79 Å². The minimum Gasteiger partial charge on any atom is -0.352 e. The number of likely N-dealkylation sites (N-methyl/N-ethyl adjacent to an activating group) is 1. The topological polar surface area (TPSA) is 80.5 Å². The van der Waals surface area contributed by atoms with Crippen LogP contribution in [0.4, 0.5) is 0 Å². The number of imidazole rings is 2. The van der Waals surface area contributed by atoms with E-state index < -0.39 is 11.7 Å². The monoisotopic (exact) mass is 401 g/mol. The number of nitrogens with one attached hydrogen (secondary N) is 1. The zero-order valence-corrected chi connectivity index (χ0v) is 17.5. The van der Waals surface area contributed by atoms with E-state index in [2.05, 4.69) is 34.2 Å². The highest BCUT2D eigenvalue weighted by atomic mass is 16.5. The summed E-state index contributed by atoms with van der Waals surface area (Å²) in [6.07, 6.45) is 8.72. The van der Waals surface area contributed by atoms with Gasteiger partial charge in [-0.25, -0.2) is 9.97 Å². The number of carbonyl (C=O) groups excluding carboxylic acids is 1. The van der Waals surface area contributed by atoms with E-state index in [-0.39, 0.29) is 5.91 Å². The fourth-order valence-electron chi connectivity index (χ4n) is 4.21. The Morgan fingerprint density at radius 3 is 2.72 bits per heavy atom. The third kappa shape index (κ3) is 4.22. The Labute approximate surface area is 171 Å². The van der Waals surface area contributed by atoms with Gasteiger partial charge in [-0.2, -0.15) is 0 Å². The van der Waals surface area contributed by atoms with Crippen molar-refractivity contribution in [1.29, 1.82) is 0 Å². The number of aryl methyl sites for hydroxylation is 1. The fraction of sp³-hybridized carbons (Fsp3) is 0.650. The van der Waals surface area contributed by atoms with Crippen LogP contribution in [-0.4, -0.2) is 81.2 Å². The molecule has 158 valence electrons. The molecule has 1 atom stereocenters. The van der Waals surface area contributed by atoms with Gasteiger partial charge in [0.15, 0.2) is 6.10 Å². The number of hydrogen-bond donors (Lipinski definition) is 1. The molecule has 0 bridgehead atoms. The Morgan fingerprint density at radius 2 is 2.03 bits per heavy atom. The number of carbonyl (C=O) groups is 1. The third-order valence-electron chi connectivity index (χ3n) is 5.95. The lowest BCUT2D eigenvalue weighted by atomic mass is 9.88. The van der Waals surface area contributed by atoms with Gasteiger partial charge in [-0.05, 0) is 26.9 Å². The van der Waals surface area contributed by atoms with Gasteiger partial charge in [0, 0.05) is 58.0 Å². The van der Waals surface area contributed by atoms with Gasteiger partial charge < -0.3 is 24.1 Å². The van der Waals surface area contributed by atoms with Gasteiger partial charge in [-0.3, -0.25) is 9.69 Å². The molecule has 1 amide bonds. The molecule has 1 unspecified atom stereocenters. The van der Waals surface area contributed by atoms with Crippen LogP contribution < -0.4 is 5.32 Å². The van der Waals surface area contributed by atoms with Gasteiger partial charge in [0.25, 0.3) is 5.91 Å². The first-order valence-corrected chi connectivity index (χ1v) is 10.3. The summed E-state index contributed by atoms with van der Waals surface area (Å²) in [6, 6.07) is 0. The number of ether oxygens (including phenoxy) is 1. The molecule has 4 heterocycles. The molecule has 29 heavy (non-hydrogen) atoms. The highest BCUT2D eigenvalue weighted by Gasteiger charge is 2.47. The molecule has 2 aliphatic rings. The first kappa shape index (κ1) is 20.1. The van der Waals surface area contributed by atoms with Gasteiger partial charge in [0.05, 0.1) is 13.1 Å². The van der Waals surface area contributed by atoms with Crippen LogP contribution in [0.1, 0.15) is 24.5 Å². The summed E-state index contributed by atoms with van der Waals surface area (Å²) in [5.74, 6) is 1.97. The summed E-state index contributed by atoms with van der Waals surface area (Å²) in [5.41, 5.74) is -0.497. The molecule has 2 aromatic rings. The summed E-state index contributed by atoms with van der Waals surface area (Å²) >= 11 is 0. The second-order valence-corrected chi connectivity index (χ2v) is 8.33. The van der Waals surface area contributed by atoms with Crippen molar-refractivity contribution in [1.82, 2.24) is 34.2 Å². The van der Waals surface area contributed by atoms with E-state index in [0.717, 1.165) is 50.7 Å². The number of nitrogens with zero attached hydrogens (tertiary/aromatic N) is 6. The molecule has 1 fully saturated rings. The van der Waals surface area contributed by atoms with E-state index >= 15 is 0 Å². The molecule has 9 nitrogen and oxygen atoms in total. The fourth-order valence-corrected chi connectivity index (χ4v) is 4.21. The van der Waals surface area contributed by atoms with Crippen molar-refractivity contribution < 1.29 is 9.53 Å². The maximum Gasteiger partial charge on any atom is 0.251 e. The summed E-state index contributed by atoms with van der Waals surface area (Å²) in [6.45, 7) is 4.53. The molecule has 2 aliphatic heterocycles. The quantitative estimate of drug-likeness (QED) is 0.744. The summed E-state index contributed by atoms with van der Waals surface area (Å²) in [7, 11) is 6.01. The molecule has 1 saturated heterocycles. The van der Waals surface area contributed by atoms with Crippen LogP contribution >= 0.6 is 0 Å². The van der Waals surface area contributed by atoms with Crippen LogP contribution in [0.2, 0.25) is 0 Å². The van der Waals surface area contributed by atoms with E-state index in [1.54, 1.807) is 0 Å². The van der Waals surface area contributed by atoms with E-state index in [4.69, 9.17) is 4.74 Å². The zero-order valence-electron chi connectivity index (χ0n) is 17.5. The number of likely N-dealkylation sites (tertiary alicyclic amines) is 1. The van der Waals surface area contributed by atoms with Crippen molar-refractivity contribution in [2.45, 2.75) is 37.6 Å². The Balaban J connectivity index is 1.43. The van der Waals surface area contributed by atoms with Crippen molar-refractivity contribution >= 4 is 5.91 Å². The number of fused-ring (bicyclic) bond motifs is 2. The molecular formula is C20H31N7O2. The van der Waals surface area contributed by atoms with Crippen LogP contribution in [0.15, 0.2) is 24.8 Å². The van der Waals surface area contributed by atoms with Gasteiger partial charge in [0.1, 0.15) is 17.2 Å². The van der Waals surface area contributed by atoms with Crippen LogP contribution in [0.25, 0.3) is 0 Å². The van der Waals surface area contributed by atoms with E-state index in [0.29, 0.717) is 13.1 Å². The molecule has 1 spiro atoms. The third-order valence-corrected chi connectivity index (χ3v) is 5.95. The minimum atomic E-state index is -0.497. The maximum absolute atomic E-state index is 12.7. The van der Waals surface area contributed by atoms with Crippen molar-refractivity contribution in [3.05, 3.63) is 36.4 Å². The Kier molecular flexibility index (Phi) is 5.71. The lowest BCUT2D eigenvalue weighted by molar-refractivity contribution is -0.173. The number of aromatic nitrogens is 4. The Morgan fingerprint density at radius 1 is 1.28 bits per heavy atom. The first-order valence-electron chi connectivity index (χ1n) is 10.3. The SMILES string of the molecule is CN(C)CCNC(=O)C1Cn2ccnc2C2(CCN(Cc3nccn3C)CC2)O1. The van der Waals surface area contributed by atoms with Crippen LogP contribution in [0, 0.1) is 0 Å². The average Bonchev–Trinajstić information content (AvgIpc) is 3.33. The van der Waals surface area contributed by atoms with Crippen molar-refractivity contribution in [3.8, 4) is 0 Å². The summed E-state index contributed by atoms with van der Waals surface area (Å²) in [5, 5.41) is 3.01. The Hall–Kier alpha value is -2.23.